The molecule has 0 aromatic heterocycles. The third-order valence-electron chi connectivity index (χ3n) is 6.01. The number of hydrogen-bond acceptors (Lipinski definition) is 3. The van der Waals surface area contributed by atoms with Crippen molar-refractivity contribution in [3.63, 3.8) is 0 Å². The van der Waals surface area contributed by atoms with Gasteiger partial charge in [-0.3, -0.25) is 4.52 Å². The molecule has 7 heteroatoms. The van der Waals surface area contributed by atoms with E-state index >= 15 is 0 Å². The van der Waals surface area contributed by atoms with E-state index in [9.17, 15) is 4.57 Å². The van der Waals surface area contributed by atoms with Gasteiger partial charge in [-0.2, -0.15) is 0 Å². The van der Waals surface area contributed by atoms with E-state index in [4.69, 9.17) is 18.7 Å². The molecule has 0 aromatic carbocycles. The second-order valence-electron chi connectivity index (χ2n) is 12.3. The van der Waals surface area contributed by atoms with Crippen LogP contribution in [0.4, 0.5) is 0 Å². The predicted molar refractivity (Wildman–Crippen MR) is 116 cm³/mol. The molecule has 0 fully saturated rings. The van der Waals surface area contributed by atoms with Crippen molar-refractivity contribution in [3.05, 3.63) is 0 Å². The van der Waals surface area contributed by atoms with E-state index in [0.29, 0.717) is 6.42 Å². The first-order valence-electron chi connectivity index (χ1n) is 9.77. The van der Waals surface area contributed by atoms with Gasteiger partial charge in [-0.1, -0.05) is 76.2 Å². The minimum atomic E-state index is -4.51. The van der Waals surface area contributed by atoms with Crippen LogP contribution in [0.2, 0.25) is 18.1 Å². The number of hydrogen-bond donors (Lipinski definition) is 2. The van der Waals surface area contributed by atoms with Gasteiger partial charge in [0.15, 0.2) is 8.32 Å². The molecular weight excluding hydrogens is 379 g/mol. The molecule has 5 nitrogen and oxygen atoms in total. The van der Waals surface area contributed by atoms with Crippen LogP contribution < -0.4 is 0 Å². The van der Waals surface area contributed by atoms with Gasteiger partial charge in [-0.25, -0.2) is 4.57 Å². The average Bonchev–Trinajstić information content (AvgIpc) is 2.30. The molecule has 0 unspecified atom stereocenters. The first-order chi connectivity index (χ1) is 11.4. The normalized spacial score (nSPS) is 16.0. The molecule has 0 aliphatic rings. The molecule has 0 radical (unpaired) electrons. The maximum Gasteiger partial charge on any atom is 0.469 e. The molecule has 0 bridgehead atoms. The highest BCUT2D eigenvalue weighted by atomic mass is 31.2. The predicted octanol–water partition coefficient (Wildman–Crippen LogP) is 6.36. The van der Waals surface area contributed by atoms with Crippen LogP contribution in [0.3, 0.4) is 0 Å². The van der Waals surface area contributed by atoms with Crippen LogP contribution in [0.5, 0.6) is 0 Å². The van der Waals surface area contributed by atoms with Crippen molar-refractivity contribution in [3.8, 4) is 0 Å². The Morgan fingerprint density at radius 1 is 0.815 bits per heavy atom. The zero-order valence-electron chi connectivity index (χ0n) is 20.0. The van der Waals surface area contributed by atoms with Crippen LogP contribution in [-0.2, 0) is 13.5 Å². The van der Waals surface area contributed by atoms with Gasteiger partial charge in [0.1, 0.15) is 0 Å². The summed E-state index contributed by atoms with van der Waals surface area (Å²) in [6.07, 6.45) is 0.638. The maximum atomic E-state index is 11.2. The van der Waals surface area contributed by atoms with Crippen LogP contribution >= 0.6 is 7.82 Å². The summed E-state index contributed by atoms with van der Waals surface area (Å²) in [5.41, 5.74) is -1.32. The highest BCUT2D eigenvalue weighted by molar-refractivity contribution is 7.46. The molecule has 0 aromatic rings. The van der Waals surface area contributed by atoms with Crippen LogP contribution in [-0.4, -0.2) is 30.3 Å². The van der Waals surface area contributed by atoms with Gasteiger partial charge >= 0.3 is 7.82 Å². The second-order valence-corrected chi connectivity index (χ2v) is 18.3. The van der Waals surface area contributed by atoms with E-state index in [0.717, 1.165) is 0 Å². The van der Waals surface area contributed by atoms with Gasteiger partial charge in [0.05, 0.1) is 12.2 Å². The number of rotatable bonds is 7. The average molecular weight is 425 g/mol. The van der Waals surface area contributed by atoms with E-state index in [-0.39, 0.29) is 22.5 Å². The fraction of sp³-hybridized carbons (Fsp3) is 1.00. The summed E-state index contributed by atoms with van der Waals surface area (Å²) < 4.78 is 23.3. The summed E-state index contributed by atoms with van der Waals surface area (Å²) in [6, 6.07) is 0. The smallest absolute Gasteiger partial charge is 0.410 e. The van der Waals surface area contributed by atoms with E-state index < -0.39 is 27.2 Å². The van der Waals surface area contributed by atoms with Crippen molar-refractivity contribution >= 4 is 16.1 Å². The second kappa shape index (κ2) is 7.85. The molecule has 27 heavy (non-hydrogen) atoms. The number of phosphoric acid groups is 1. The molecule has 0 heterocycles. The lowest BCUT2D eigenvalue weighted by Crippen LogP contribution is -2.63. The Bertz CT molecular complexity index is 530. The standard InChI is InChI=1S/C20H45O5PSi/c1-16(2,3)20(17(4,5)6,25-27(12,13)18(7,8)9)14-19(10,11)15-24-26(21,22)23/h14-15H2,1-13H3,(H2,21,22,23). The number of phosphoric ester groups is 1. The van der Waals surface area contributed by atoms with Crippen molar-refractivity contribution in [2.24, 2.45) is 16.2 Å². The molecule has 0 aliphatic heterocycles. The Kier molecular flexibility index (Phi) is 7.93. The van der Waals surface area contributed by atoms with Crippen molar-refractivity contribution in [2.75, 3.05) is 6.61 Å². The summed E-state index contributed by atoms with van der Waals surface area (Å²) in [6.45, 7) is 28.4. The minimum absolute atomic E-state index is 0.0218. The van der Waals surface area contributed by atoms with Crippen molar-refractivity contribution in [2.45, 2.75) is 106 Å². The molecule has 0 saturated heterocycles. The summed E-state index contributed by atoms with van der Waals surface area (Å²) in [4.78, 5) is 18.3. The quantitative estimate of drug-likeness (QED) is 0.367. The molecule has 0 amide bonds. The Balaban J connectivity index is 6.26. The first kappa shape index (κ1) is 27.3. The molecule has 0 atom stereocenters. The van der Waals surface area contributed by atoms with Crippen LogP contribution in [0.15, 0.2) is 0 Å². The van der Waals surface area contributed by atoms with Crippen molar-refractivity contribution in [1.29, 1.82) is 0 Å². The fourth-order valence-corrected chi connectivity index (χ4v) is 5.95. The zero-order valence-corrected chi connectivity index (χ0v) is 21.9. The van der Waals surface area contributed by atoms with Crippen molar-refractivity contribution in [1.82, 2.24) is 0 Å². The Hall–Kier alpha value is 0.287. The lowest BCUT2D eigenvalue weighted by molar-refractivity contribution is -0.151. The Morgan fingerprint density at radius 3 is 1.44 bits per heavy atom. The highest BCUT2D eigenvalue weighted by Crippen LogP contribution is 2.56. The molecule has 164 valence electrons. The molecular formula is C20H45O5PSi. The lowest BCUT2D eigenvalue weighted by Gasteiger charge is -2.60. The van der Waals surface area contributed by atoms with Gasteiger partial charge in [0, 0.05) is 0 Å². The molecule has 2 N–H and O–H groups in total. The Morgan fingerprint density at radius 2 is 1.19 bits per heavy atom. The van der Waals surface area contributed by atoms with E-state index in [1.165, 1.54) is 0 Å². The van der Waals surface area contributed by atoms with E-state index in [1.54, 1.807) is 0 Å². The highest BCUT2D eigenvalue weighted by Gasteiger charge is 2.57. The summed E-state index contributed by atoms with van der Waals surface area (Å²) in [7, 11) is -6.62. The summed E-state index contributed by atoms with van der Waals surface area (Å²) >= 11 is 0. The third kappa shape index (κ3) is 7.24. The van der Waals surface area contributed by atoms with Crippen LogP contribution in [0, 0.1) is 16.2 Å². The fourth-order valence-electron chi connectivity index (χ4n) is 3.57. The third-order valence-corrected chi connectivity index (χ3v) is 10.9. The SMILES string of the molecule is CC(C)(COP(=O)(O)O)CC(O[Si](C)(C)C(C)(C)C)(C(C)(C)C)C(C)(C)C. The topological polar surface area (TPSA) is 76.0 Å². The summed E-state index contributed by atoms with van der Waals surface area (Å²) in [5, 5.41) is 0.0568. The van der Waals surface area contributed by atoms with Gasteiger partial charge in [0.2, 0.25) is 0 Å². The largest absolute Gasteiger partial charge is 0.469 e. The molecule has 0 aliphatic carbocycles. The van der Waals surface area contributed by atoms with Gasteiger partial charge in [0.25, 0.3) is 0 Å². The molecule has 0 rings (SSSR count). The molecule has 0 spiro atoms. The van der Waals surface area contributed by atoms with E-state index in [1.807, 2.05) is 13.8 Å². The maximum absolute atomic E-state index is 11.2. The monoisotopic (exact) mass is 424 g/mol. The summed E-state index contributed by atoms with van der Waals surface area (Å²) in [5.74, 6) is 0. The van der Waals surface area contributed by atoms with Crippen LogP contribution in [0.1, 0.15) is 82.6 Å². The van der Waals surface area contributed by atoms with Gasteiger partial charge in [-0.05, 0) is 40.8 Å². The van der Waals surface area contributed by atoms with Gasteiger partial charge in [-0.15, -0.1) is 0 Å². The first-order valence-corrected chi connectivity index (χ1v) is 14.2. The van der Waals surface area contributed by atoms with E-state index in [2.05, 4.69) is 75.4 Å². The van der Waals surface area contributed by atoms with Gasteiger partial charge < -0.3 is 14.2 Å². The minimum Gasteiger partial charge on any atom is -0.410 e. The molecule has 0 saturated carbocycles. The lowest BCUT2D eigenvalue weighted by atomic mass is 9.57. The zero-order chi connectivity index (χ0) is 22.3. The Labute approximate surface area is 169 Å². The van der Waals surface area contributed by atoms with Crippen LogP contribution in [0.25, 0.3) is 0 Å². The van der Waals surface area contributed by atoms with Crippen molar-refractivity contribution < 1.29 is 23.3 Å².